The van der Waals surface area contributed by atoms with Crippen LogP contribution < -0.4 is 5.32 Å². The summed E-state index contributed by atoms with van der Waals surface area (Å²) in [5.74, 6) is 0. The van der Waals surface area contributed by atoms with E-state index in [2.05, 4.69) is 42.1 Å². The van der Waals surface area contributed by atoms with E-state index in [-0.39, 0.29) is 5.54 Å². The van der Waals surface area contributed by atoms with Crippen LogP contribution in [0.15, 0.2) is 0 Å². The van der Waals surface area contributed by atoms with Gasteiger partial charge in [0.1, 0.15) is 5.54 Å². The molecule has 1 aliphatic heterocycles. The predicted octanol–water partition coefficient (Wildman–Crippen LogP) is 1.05. The number of hydrogen-bond acceptors (Lipinski definition) is 4. The molecule has 1 heterocycles. The van der Waals surface area contributed by atoms with Crippen molar-refractivity contribution in [2.24, 2.45) is 0 Å². The molecule has 1 N–H and O–H groups in total. The van der Waals surface area contributed by atoms with Crippen molar-refractivity contribution in [3.63, 3.8) is 0 Å². The number of nitriles is 1. The third-order valence-electron chi connectivity index (χ3n) is 4.73. The number of piperazine rings is 1. The molecular formula is C14H26N4. The highest BCUT2D eigenvalue weighted by atomic mass is 15.3. The van der Waals surface area contributed by atoms with Crippen LogP contribution in [0, 0.1) is 11.3 Å². The molecule has 0 radical (unpaired) electrons. The maximum absolute atomic E-state index is 9.42. The molecule has 2 aliphatic rings. The number of hydrogen-bond donors (Lipinski definition) is 1. The lowest BCUT2D eigenvalue weighted by molar-refractivity contribution is 0.0720. The zero-order chi connectivity index (χ0) is 13.2. The highest BCUT2D eigenvalue weighted by molar-refractivity contribution is 5.13. The van der Waals surface area contributed by atoms with Gasteiger partial charge in [-0.25, -0.2) is 0 Å². The monoisotopic (exact) mass is 250 g/mol. The minimum absolute atomic E-state index is 0.258. The summed E-state index contributed by atoms with van der Waals surface area (Å²) in [7, 11) is 2.20. The van der Waals surface area contributed by atoms with Gasteiger partial charge in [0.05, 0.1) is 6.07 Å². The van der Waals surface area contributed by atoms with E-state index in [0.717, 1.165) is 45.4 Å². The topological polar surface area (TPSA) is 42.3 Å². The van der Waals surface area contributed by atoms with Gasteiger partial charge >= 0.3 is 0 Å². The zero-order valence-corrected chi connectivity index (χ0v) is 11.9. The van der Waals surface area contributed by atoms with E-state index < -0.39 is 0 Å². The van der Waals surface area contributed by atoms with Crippen molar-refractivity contribution in [2.75, 3.05) is 33.2 Å². The lowest BCUT2D eigenvalue weighted by Gasteiger charge is -2.41. The fraction of sp³-hybridized carbons (Fsp3) is 0.929. The second kappa shape index (κ2) is 5.56. The van der Waals surface area contributed by atoms with Crippen LogP contribution in [0.1, 0.15) is 33.1 Å². The molecule has 0 amide bonds. The summed E-state index contributed by atoms with van der Waals surface area (Å²) < 4.78 is 0. The molecule has 0 aromatic heterocycles. The lowest BCUT2D eigenvalue weighted by Crippen LogP contribution is -2.53. The summed E-state index contributed by atoms with van der Waals surface area (Å²) in [4.78, 5) is 5.02. The lowest BCUT2D eigenvalue weighted by atomic mass is 9.99. The fourth-order valence-corrected chi connectivity index (χ4v) is 3.38. The van der Waals surface area contributed by atoms with Gasteiger partial charge in [0, 0.05) is 31.7 Å². The molecule has 2 rings (SSSR count). The molecule has 4 heteroatoms. The first-order chi connectivity index (χ1) is 8.60. The van der Waals surface area contributed by atoms with Gasteiger partial charge in [-0.3, -0.25) is 10.2 Å². The SMILES string of the molecule is CCNC1(C#N)CCC(N2CCN(C)C(C)C2)C1. The Bertz CT molecular complexity index is 324. The molecular weight excluding hydrogens is 224 g/mol. The number of nitrogens with zero attached hydrogens (tertiary/aromatic N) is 3. The predicted molar refractivity (Wildman–Crippen MR) is 73.3 cm³/mol. The van der Waals surface area contributed by atoms with Gasteiger partial charge in [-0.15, -0.1) is 0 Å². The quantitative estimate of drug-likeness (QED) is 0.813. The van der Waals surface area contributed by atoms with Crippen molar-refractivity contribution < 1.29 is 0 Å². The molecule has 0 bridgehead atoms. The molecule has 2 fully saturated rings. The van der Waals surface area contributed by atoms with Gasteiger partial charge in [0.25, 0.3) is 0 Å². The van der Waals surface area contributed by atoms with Crippen LogP contribution in [0.4, 0.5) is 0 Å². The third kappa shape index (κ3) is 2.69. The minimum atomic E-state index is -0.258. The number of rotatable bonds is 3. The zero-order valence-electron chi connectivity index (χ0n) is 11.9. The second-order valence-corrected chi connectivity index (χ2v) is 5.95. The molecule has 0 spiro atoms. The van der Waals surface area contributed by atoms with Crippen molar-refractivity contribution in [1.82, 2.24) is 15.1 Å². The van der Waals surface area contributed by atoms with E-state index in [1.54, 1.807) is 0 Å². The Morgan fingerprint density at radius 3 is 2.83 bits per heavy atom. The van der Waals surface area contributed by atoms with Crippen molar-refractivity contribution in [3.05, 3.63) is 0 Å². The molecule has 3 atom stereocenters. The Balaban J connectivity index is 1.95. The average molecular weight is 250 g/mol. The standard InChI is InChI=1S/C14H26N4/c1-4-16-14(11-15)6-5-13(9-14)18-8-7-17(3)12(2)10-18/h12-13,16H,4-10H2,1-3H3. The van der Waals surface area contributed by atoms with E-state index >= 15 is 0 Å². The van der Waals surface area contributed by atoms with Crippen molar-refractivity contribution in [2.45, 2.75) is 50.7 Å². The van der Waals surface area contributed by atoms with Crippen LogP contribution in [0.2, 0.25) is 0 Å². The van der Waals surface area contributed by atoms with Gasteiger partial charge in [0.15, 0.2) is 0 Å². The van der Waals surface area contributed by atoms with Crippen molar-refractivity contribution in [3.8, 4) is 6.07 Å². The van der Waals surface area contributed by atoms with Gasteiger partial charge in [0.2, 0.25) is 0 Å². The molecule has 3 unspecified atom stereocenters. The Kier molecular flexibility index (Phi) is 4.26. The maximum atomic E-state index is 9.42. The maximum Gasteiger partial charge on any atom is 0.108 e. The van der Waals surface area contributed by atoms with E-state index in [1.165, 1.54) is 0 Å². The Morgan fingerprint density at radius 2 is 2.22 bits per heavy atom. The molecule has 102 valence electrons. The van der Waals surface area contributed by atoms with E-state index in [9.17, 15) is 5.26 Å². The first-order valence-corrected chi connectivity index (χ1v) is 7.21. The highest BCUT2D eigenvalue weighted by Gasteiger charge is 2.41. The fourth-order valence-electron chi connectivity index (χ4n) is 3.38. The average Bonchev–Trinajstić information content (AvgIpc) is 2.78. The van der Waals surface area contributed by atoms with Crippen molar-refractivity contribution in [1.29, 1.82) is 5.26 Å². The summed E-state index contributed by atoms with van der Waals surface area (Å²) in [5, 5.41) is 12.8. The van der Waals surface area contributed by atoms with Gasteiger partial charge in [-0.05, 0) is 39.8 Å². The van der Waals surface area contributed by atoms with Gasteiger partial charge < -0.3 is 4.90 Å². The van der Waals surface area contributed by atoms with Crippen LogP contribution >= 0.6 is 0 Å². The van der Waals surface area contributed by atoms with Crippen LogP contribution in [-0.2, 0) is 0 Å². The number of nitrogens with one attached hydrogen (secondary N) is 1. The molecule has 0 aromatic carbocycles. The summed E-state index contributed by atoms with van der Waals surface area (Å²) >= 11 is 0. The summed E-state index contributed by atoms with van der Waals surface area (Å²) in [5.41, 5.74) is -0.258. The highest BCUT2D eigenvalue weighted by Crippen LogP contribution is 2.33. The van der Waals surface area contributed by atoms with E-state index in [0.29, 0.717) is 12.1 Å². The molecule has 18 heavy (non-hydrogen) atoms. The van der Waals surface area contributed by atoms with E-state index in [1.807, 2.05) is 0 Å². The first-order valence-electron chi connectivity index (χ1n) is 7.21. The van der Waals surface area contributed by atoms with Crippen LogP contribution in [0.25, 0.3) is 0 Å². The van der Waals surface area contributed by atoms with Crippen molar-refractivity contribution >= 4 is 0 Å². The smallest absolute Gasteiger partial charge is 0.108 e. The van der Waals surface area contributed by atoms with Gasteiger partial charge in [-0.2, -0.15) is 5.26 Å². The van der Waals surface area contributed by atoms with Gasteiger partial charge in [-0.1, -0.05) is 6.92 Å². The Morgan fingerprint density at radius 1 is 1.44 bits per heavy atom. The summed E-state index contributed by atoms with van der Waals surface area (Å²) in [6, 6.07) is 3.75. The Labute approximate surface area is 111 Å². The third-order valence-corrected chi connectivity index (χ3v) is 4.73. The van der Waals surface area contributed by atoms with Crippen LogP contribution in [0.3, 0.4) is 0 Å². The molecule has 1 saturated heterocycles. The number of likely N-dealkylation sites (N-methyl/N-ethyl adjacent to an activating group) is 1. The minimum Gasteiger partial charge on any atom is -0.301 e. The molecule has 0 aromatic rings. The Hall–Kier alpha value is -0.630. The van der Waals surface area contributed by atoms with E-state index in [4.69, 9.17) is 0 Å². The molecule has 1 saturated carbocycles. The molecule has 1 aliphatic carbocycles. The normalized spacial score (nSPS) is 38.8. The largest absolute Gasteiger partial charge is 0.301 e. The first kappa shape index (κ1) is 13.8. The second-order valence-electron chi connectivity index (χ2n) is 5.95. The van der Waals surface area contributed by atoms with Crippen LogP contribution in [0.5, 0.6) is 0 Å². The summed E-state index contributed by atoms with van der Waals surface area (Å²) in [6.07, 6.45) is 3.16. The molecule has 4 nitrogen and oxygen atoms in total. The summed E-state index contributed by atoms with van der Waals surface area (Å²) in [6.45, 7) is 8.72. The van der Waals surface area contributed by atoms with Crippen LogP contribution in [-0.4, -0.2) is 60.6 Å².